The van der Waals surface area contributed by atoms with Gasteiger partial charge >= 0.3 is 21.2 Å². The highest BCUT2D eigenvalue weighted by Crippen LogP contribution is 2.21. The number of ketones is 1. The molecule has 1 heterocycles. The average Bonchev–Trinajstić information content (AvgIpc) is 2.61. The maximum atomic E-state index is 12.5. The standard InChI is InChI=1S/C18H16N2O6S/c1-11(21)2-3-12-4-6-13(7-5-12)26-27(24,25)14-8-9-15-16(10-14)20-18(23)17(22)19-15/h4-10H,2-3H2,1H3,(H,19,22)(H,20,23). The van der Waals surface area contributed by atoms with Crippen LogP contribution in [0.1, 0.15) is 18.9 Å². The highest BCUT2D eigenvalue weighted by molar-refractivity contribution is 7.87. The Hall–Kier alpha value is -3.20. The molecule has 8 nitrogen and oxygen atoms in total. The molecule has 1 aromatic heterocycles. The molecule has 3 aromatic rings. The van der Waals surface area contributed by atoms with Crippen LogP contribution in [0.4, 0.5) is 0 Å². The molecule has 140 valence electrons. The maximum absolute atomic E-state index is 12.5. The van der Waals surface area contributed by atoms with Crippen LogP contribution in [-0.2, 0) is 21.3 Å². The Balaban J connectivity index is 1.85. The third kappa shape index (κ3) is 4.32. The lowest BCUT2D eigenvalue weighted by molar-refractivity contribution is -0.116. The number of hydrogen-bond donors (Lipinski definition) is 2. The summed E-state index contributed by atoms with van der Waals surface area (Å²) in [5.41, 5.74) is -0.335. The number of rotatable bonds is 6. The second kappa shape index (κ2) is 7.20. The van der Waals surface area contributed by atoms with Gasteiger partial charge in [-0.3, -0.25) is 9.59 Å². The van der Waals surface area contributed by atoms with Crippen molar-refractivity contribution >= 4 is 26.9 Å². The van der Waals surface area contributed by atoms with E-state index in [2.05, 4.69) is 9.97 Å². The number of benzene rings is 2. The van der Waals surface area contributed by atoms with E-state index in [1.807, 2.05) is 0 Å². The summed E-state index contributed by atoms with van der Waals surface area (Å²) in [5.74, 6) is 0.199. The van der Waals surface area contributed by atoms with E-state index in [1.54, 1.807) is 12.1 Å². The van der Waals surface area contributed by atoms with Gasteiger partial charge in [-0.1, -0.05) is 12.1 Å². The predicted molar refractivity (Wildman–Crippen MR) is 98.4 cm³/mol. The Morgan fingerprint density at radius 1 is 0.963 bits per heavy atom. The van der Waals surface area contributed by atoms with Crippen molar-refractivity contribution in [3.05, 3.63) is 68.7 Å². The van der Waals surface area contributed by atoms with E-state index < -0.39 is 21.2 Å². The molecule has 2 aromatic carbocycles. The van der Waals surface area contributed by atoms with Crippen molar-refractivity contribution in [1.29, 1.82) is 0 Å². The Labute approximate surface area is 154 Å². The molecule has 0 aliphatic carbocycles. The first kappa shape index (κ1) is 18.6. The molecule has 0 amide bonds. The van der Waals surface area contributed by atoms with Gasteiger partial charge in [0.1, 0.15) is 16.4 Å². The molecule has 3 rings (SSSR count). The van der Waals surface area contributed by atoms with E-state index in [-0.39, 0.29) is 21.9 Å². The molecule has 0 saturated carbocycles. The van der Waals surface area contributed by atoms with Gasteiger partial charge in [-0.05, 0) is 49.2 Å². The largest absolute Gasteiger partial charge is 0.379 e. The first-order valence-electron chi connectivity index (χ1n) is 8.04. The lowest BCUT2D eigenvalue weighted by Gasteiger charge is -2.08. The Morgan fingerprint density at radius 3 is 2.22 bits per heavy atom. The third-order valence-corrected chi connectivity index (χ3v) is 5.12. The summed E-state index contributed by atoms with van der Waals surface area (Å²) in [5, 5.41) is 0. The van der Waals surface area contributed by atoms with Crippen LogP contribution in [0.15, 0.2) is 56.9 Å². The van der Waals surface area contributed by atoms with Crippen molar-refractivity contribution in [3.8, 4) is 5.75 Å². The van der Waals surface area contributed by atoms with E-state index in [4.69, 9.17) is 4.18 Å². The molecule has 2 N–H and O–H groups in total. The van der Waals surface area contributed by atoms with Crippen LogP contribution in [0.25, 0.3) is 11.0 Å². The SMILES string of the molecule is CC(=O)CCc1ccc(OS(=O)(=O)c2ccc3[nH]c(=O)c(=O)[nH]c3c2)cc1. The topological polar surface area (TPSA) is 126 Å². The number of aromatic nitrogens is 2. The zero-order valence-electron chi connectivity index (χ0n) is 14.3. The van der Waals surface area contributed by atoms with Gasteiger partial charge in [-0.25, -0.2) is 0 Å². The minimum atomic E-state index is -4.13. The number of fused-ring (bicyclic) bond motifs is 1. The lowest BCUT2D eigenvalue weighted by Crippen LogP contribution is -2.29. The quantitative estimate of drug-likeness (QED) is 0.487. The summed E-state index contributed by atoms with van der Waals surface area (Å²) in [6.45, 7) is 1.51. The zero-order chi connectivity index (χ0) is 19.6. The molecule has 0 fully saturated rings. The fraction of sp³-hybridized carbons (Fsp3) is 0.167. The van der Waals surface area contributed by atoms with E-state index in [1.165, 1.54) is 37.3 Å². The van der Waals surface area contributed by atoms with E-state index in [9.17, 15) is 22.8 Å². The molecule has 0 unspecified atom stereocenters. The van der Waals surface area contributed by atoms with Crippen LogP contribution in [0.2, 0.25) is 0 Å². The number of H-pyrrole nitrogens is 2. The highest BCUT2D eigenvalue weighted by atomic mass is 32.2. The van der Waals surface area contributed by atoms with Gasteiger partial charge in [-0.2, -0.15) is 8.42 Å². The lowest BCUT2D eigenvalue weighted by atomic mass is 10.1. The second-order valence-electron chi connectivity index (χ2n) is 6.00. The minimum absolute atomic E-state index is 0.0774. The number of aromatic amines is 2. The first-order valence-corrected chi connectivity index (χ1v) is 9.45. The minimum Gasteiger partial charge on any atom is -0.379 e. The molecule has 27 heavy (non-hydrogen) atoms. The molecule has 0 aliphatic rings. The number of Topliss-reactive ketones (excluding diaryl/α,β-unsaturated/α-hetero) is 1. The second-order valence-corrected chi connectivity index (χ2v) is 7.55. The maximum Gasteiger partial charge on any atom is 0.339 e. The van der Waals surface area contributed by atoms with Gasteiger partial charge < -0.3 is 18.9 Å². The van der Waals surface area contributed by atoms with E-state index >= 15 is 0 Å². The first-order chi connectivity index (χ1) is 12.7. The van der Waals surface area contributed by atoms with Crippen molar-refractivity contribution < 1.29 is 17.4 Å². The summed E-state index contributed by atoms with van der Waals surface area (Å²) >= 11 is 0. The summed E-state index contributed by atoms with van der Waals surface area (Å²) < 4.78 is 30.0. The number of carbonyl (C=O) groups excluding carboxylic acids is 1. The number of nitrogens with one attached hydrogen (secondary N) is 2. The summed E-state index contributed by atoms with van der Waals surface area (Å²) in [6, 6.07) is 10.2. The molecular formula is C18H16N2O6S. The van der Waals surface area contributed by atoms with Crippen molar-refractivity contribution in [2.75, 3.05) is 0 Å². The average molecular weight is 388 g/mol. The van der Waals surface area contributed by atoms with Crippen LogP contribution in [-0.4, -0.2) is 24.2 Å². The monoisotopic (exact) mass is 388 g/mol. The molecule has 0 bridgehead atoms. The van der Waals surface area contributed by atoms with Gasteiger partial charge in [0, 0.05) is 6.42 Å². The molecule has 0 atom stereocenters. The van der Waals surface area contributed by atoms with Crippen LogP contribution < -0.4 is 15.3 Å². The van der Waals surface area contributed by atoms with Gasteiger partial charge in [0.2, 0.25) is 0 Å². The Kier molecular flexibility index (Phi) is 4.95. The van der Waals surface area contributed by atoms with E-state index in [0.717, 1.165) is 5.56 Å². The zero-order valence-corrected chi connectivity index (χ0v) is 15.1. The predicted octanol–water partition coefficient (Wildman–Crippen LogP) is 1.51. The molecule has 0 radical (unpaired) electrons. The molecule has 9 heteroatoms. The normalized spacial score (nSPS) is 11.4. The van der Waals surface area contributed by atoms with Crippen LogP contribution >= 0.6 is 0 Å². The van der Waals surface area contributed by atoms with Gasteiger partial charge in [-0.15, -0.1) is 0 Å². The fourth-order valence-electron chi connectivity index (χ4n) is 2.46. The summed E-state index contributed by atoms with van der Waals surface area (Å²) in [6.07, 6.45) is 0.981. The molecule has 0 spiro atoms. The highest BCUT2D eigenvalue weighted by Gasteiger charge is 2.18. The number of carbonyl (C=O) groups is 1. The van der Waals surface area contributed by atoms with Crippen LogP contribution in [0, 0.1) is 0 Å². The molecule has 0 aliphatic heterocycles. The Bertz CT molecular complexity index is 1220. The van der Waals surface area contributed by atoms with Crippen LogP contribution in [0.5, 0.6) is 5.75 Å². The van der Waals surface area contributed by atoms with Crippen molar-refractivity contribution in [2.24, 2.45) is 0 Å². The van der Waals surface area contributed by atoms with Gasteiger partial charge in [0.05, 0.1) is 11.0 Å². The fourth-order valence-corrected chi connectivity index (χ4v) is 3.41. The van der Waals surface area contributed by atoms with Crippen molar-refractivity contribution in [1.82, 2.24) is 9.97 Å². The summed E-state index contributed by atoms with van der Waals surface area (Å²) in [7, 11) is -4.13. The van der Waals surface area contributed by atoms with Crippen LogP contribution in [0.3, 0.4) is 0 Å². The molecule has 0 saturated heterocycles. The number of aryl methyl sites for hydroxylation is 1. The number of hydrogen-bond acceptors (Lipinski definition) is 6. The van der Waals surface area contributed by atoms with Crippen molar-refractivity contribution in [2.45, 2.75) is 24.7 Å². The molecular weight excluding hydrogens is 372 g/mol. The van der Waals surface area contributed by atoms with Gasteiger partial charge in [0.25, 0.3) is 0 Å². The Morgan fingerprint density at radius 2 is 1.59 bits per heavy atom. The smallest absolute Gasteiger partial charge is 0.339 e. The van der Waals surface area contributed by atoms with Crippen molar-refractivity contribution in [3.63, 3.8) is 0 Å². The summed E-state index contributed by atoms with van der Waals surface area (Å²) in [4.78, 5) is 38.2. The van der Waals surface area contributed by atoms with E-state index in [0.29, 0.717) is 18.4 Å². The van der Waals surface area contributed by atoms with Gasteiger partial charge in [0.15, 0.2) is 0 Å². The third-order valence-electron chi connectivity index (χ3n) is 3.88.